The van der Waals surface area contributed by atoms with Crippen molar-refractivity contribution in [2.45, 2.75) is 24.8 Å². The second-order valence-corrected chi connectivity index (χ2v) is 7.81. The first-order valence-electron chi connectivity index (χ1n) is 10.2. The number of aromatic nitrogens is 3. The Morgan fingerprint density at radius 3 is 2.97 bits per heavy atom. The molecule has 1 aliphatic rings. The molecular weight excluding hydrogens is 408 g/mol. The van der Waals surface area contributed by atoms with Crippen LogP contribution in [-0.2, 0) is 11.2 Å². The summed E-state index contributed by atoms with van der Waals surface area (Å²) >= 11 is 6.19. The maximum atomic E-state index is 12.8. The van der Waals surface area contributed by atoms with Gasteiger partial charge in [0.25, 0.3) is 0 Å². The molecule has 0 fully saturated rings. The summed E-state index contributed by atoms with van der Waals surface area (Å²) in [4.78, 5) is 17.2. The topological polar surface area (TPSA) is 70.7 Å². The minimum absolute atomic E-state index is 0.188. The molecule has 2 heterocycles. The molecule has 6 heteroatoms. The molecule has 1 aliphatic carbocycles. The van der Waals surface area contributed by atoms with E-state index in [-0.39, 0.29) is 17.9 Å². The molecule has 2 N–H and O–H groups in total. The Hall–Kier alpha value is -3.44. The molecule has 3 aromatic rings. The number of nitrogens with one attached hydrogen (secondary N) is 2. The minimum atomic E-state index is -0.249. The zero-order valence-electron chi connectivity index (χ0n) is 16.9. The van der Waals surface area contributed by atoms with E-state index in [1.165, 1.54) is 0 Å². The van der Waals surface area contributed by atoms with E-state index in [4.69, 9.17) is 11.6 Å². The Bertz CT molecular complexity index is 1120. The van der Waals surface area contributed by atoms with E-state index in [0.29, 0.717) is 11.4 Å². The molecule has 0 bridgehead atoms. The van der Waals surface area contributed by atoms with Crippen molar-refractivity contribution in [3.63, 3.8) is 0 Å². The fourth-order valence-electron chi connectivity index (χ4n) is 3.62. The van der Waals surface area contributed by atoms with Gasteiger partial charge in [-0.15, -0.1) is 0 Å². The molecule has 0 radical (unpaired) electrons. The quantitative estimate of drug-likeness (QED) is 0.508. The second-order valence-electron chi connectivity index (χ2n) is 7.37. The highest BCUT2D eigenvalue weighted by atomic mass is 35.5. The van der Waals surface area contributed by atoms with E-state index in [9.17, 15) is 4.79 Å². The number of hydrogen-bond donors (Lipinski definition) is 2. The number of pyridine rings is 1. The molecule has 2 unspecified atom stereocenters. The molecule has 0 saturated carbocycles. The van der Waals surface area contributed by atoms with Crippen molar-refractivity contribution in [2.24, 2.45) is 0 Å². The number of carbonyl (C=O) groups is 1. The average molecular weight is 431 g/mol. The van der Waals surface area contributed by atoms with Crippen LogP contribution in [0.1, 0.15) is 40.9 Å². The standard InChI is InChI=1S/C25H23ClN4O/c26-21-10-6-9-19(15-21)23(16-22-11-4-5-14-27-22)29-24(31)13-12-20-17-28-30-25(20)18-7-2-1-3-8-18/h1-7,9-15,17-18,23H,8,16H2,(H,28,30)(H,29,31). The van der Waals surface area contributed by atoms with Gasteiger partial charge in [0.05, 0.1) is 12.2 Å². The highest BCUT2D eigenvalue weighted by molar-refractivity contribution is 6.30. The highest BCUT2D eigenvalue weighted by Crippen LogP contribution is 2.26. The third-order valence-electron chi connectivity index (χ3n) is 5.17. The first kappa shape index (κ1) is 20.8. The van der Waals surface area contributed by atoms with Gasteiger partial charge in [0.1, 0.15) is 0 Å². The van der Waals surface area contributed by atoms with Gasteiger partial charge in [-0.05, 0) is 42.3 Å². The van der Waals surface area contributed by atoms with Crippen LogP contribution in [-0.4, -0.2) is 21.1 Å². The van der Waals surface area contributed by atoms with Gasteiger partial charge < -0.3 is 5.32 Å². The number of rotatable bonds is 7. The Labute approximate surface area is 186 Å². The van der Waals surface area contributed by atoms with Crippen LogP contribution in [0.3, 0.4) is 0 Å². The van der Waals surface area contributed by atoms with Gasteiger partial charge in [-0.3, -0.25) is 14.9 Å². The monoisotopic (exact) mass is 430 g/mol. The molecule has 2 aromatic heterocycles. The van der Waals surface area contributed by atoms with Crippen molar-refractivity contribution in [1.82, 2.24) is 20.5 Å². The SMILES string of the molecule is O=C(C=Cc1cn[nH]c1C1C=CC=CC1)NC(Cc1ccccn1)c1cccc(Cl)c1. The van der Waals surface area contributed by atoms with Crippen LogP contribution in [0.5, 0.6) is 0 Å². The van der Waals surface area contributed by atoms with Crippen LogP contribution in [0.4, 0.5) is 0 Å². The van der Waals surface area contributed by atoms with Gasteiger partial charge in [-0.25, -0.2) is 0 Å². The molecular formula is C25H23ClN4O. The molecule has 0 saturated heterocycles. The predicted molar refractivity (Wildman–Crippen MR) is 124 cm³/mol. The summed E-state index contributed by atoms with van der Waals surface area (Å²) in [5, 5.41) is 10.9. The third kappa shape index (κ3) is 5.58. The third-order valence-corrected chi connectivity index (χ3v) is 5.41. The molecule has 0 aliphatic heterocycles. The van der Waals surface area contributed by atoms with Crippen molar-refractivity contribution in [2.75, 3.05) is 0 Å². The first-order valence-corrected chi connectivity index (χ1v) is 10.6. The van der Waals surface area contributed by atoms with Gasteiger partial charge in [0, 0.05) is 46.6 Å². The van der Waals surface area contributed by atoms with Crippen molar-refractivity contribution in [3.05, 3.63) is 113 Å². The van der Waals surface area contributed by atoms with Crippen LogP contribution in [0.25, 0.3) is 6.08 Å². The second kappa shape index (κ2) is 10.0. The molecule has 2 atom stereocenters. The Morgan fingerprint density at radius 1 is 1.26 bits per heavy atom. The molecule has 0 spiro atoms. The fraction of sp³-hybridized carbons (Fsp3) is 0.160. The van der Waals surface area contributed by atoms with Crippen molar-refractivity contribution < 1.29 is 4.79 Å². The van der Waals surface area contributed by atoms with Crippen LogP contribution in [0.15, 0.2) is 85.2 Å². The van der Waals surface area contributed by atoms with Gasteiger partial charge in [0.2, 0.25) is 5.91 Å². The number of amides is 1. The lowest BCUT2D eigenvalue weighted by atomic mass is 9.94. The van der Waals surface area contributed by atoms with E-state index in [1.807, 2.05) is 54.6 Å². The zero-order valence-corrected chi connectivity index (χ0v) is 17.7. The van der Waals surface area contributed by atoms with Crippen LogP contribution < -0.4 is 5.32 Å². The number of aromatic amines is 1. The zero-order chi connectivity index (χ0) is 21.5. The predicted octanol–water partition coefficient (Wildman–Crippen LogP) is 5.17. The van der Waals surface area contributed by atoms with Crippen molar-refractivity contribution in [3.8, 4) is 0 Å². The number of halogens is 1. The summed E-state index contributed by atoms with van der Waals surface area (Å²) in [6, 6.07) is 13.0. The summed E-state index contributed by atoms with van der Waals surface area (Å²) in [6.45, 7) is 0. The lowest BCUT2D eigenvalue weighted by Gasteiger charge is -2.18. The van der Waals surface area contributed by atoms with Gasteiger partial charge >= 0.3 is 0 Å². The van der Waals surface area contributed by atoms with E-state index in [2.05, 4.69) is 32.7 Å². The maximum absolute atomic E-state index is 12.8. The lowest BCUT2D eigenvalue weighted by molar-refractivity contribution is -0.117. The number of carbonyl (C=O) groups excluding carboxylic acids is 1. The Morgan fingerprint density at radius 2 is 2.19 bits per heavy atom. The Kier molecular flexibility index (Phi) is 6.75. The van der Waals surface area contributed by atoms with E-state index in [1.54, 1.807) is 24.5 Å². The van der Waals surface area contributed by atoms with E-state index in [0.717, 1.165) is 28.9 Å². The average Bonchev–Trinajstić information content (AvgIpc) is 3.27. The Balaban J connectivity index is 1.49. The summed E-state index contributed by atoms with van der Waals surface area (Å²) in [5.41, 5.74) is 3.74. The molecule has 1 amide bonds. The summed E-state index contributed by atoms with van der Waals surface area (Å²) in [5.74, 6) is 0.0470. The molecule has 5 nitrogen and oxygen atoms in total. The van der Waals surface area contributed by atoms with E-state index >= 15 is 0 Å². The number of H-pyrrole nitrogens is 1. The molecule has 1 aromatic carbocycles. The van der Waals surface area contributed by atoms with Gasteiger partial charge in [0.15, 0.2) is 0 Å². The largest absolute Gasteiger partial charge is 0.345 e. The maximum Gasteiger partial charge on any atom is 0.244 e. The van der Waals surface area contributed by atoms with Crippen molar-refractivity contribution >= 4 is 23.6 Å². The van der Waals surface area contributed by atoms with Gasteiger partial charge in [-0.1, -0.05) is 54.1 Å². The number of hydrogen-bond acceptors (Lipinski definition) is 3. The molecule has 156 valence electrons. The van der Waals surface area contributed by atoms with Crippen LogP contribution in [0.2, 0.25) is 5.02 Å². The number of allylic oxidation sites excluding steroid dienone is 4. The van der Waals surface area contributed by atoms with Crippen LogP contribution >= 0.6 is 11.6 Å². The highest BCUT2D eigenvalue weighted by Gasteiger charge is 2.17. The first-order chi connectivity index (χ1) is 15.2. The fourth-order valence-corrected chi connectivity index (χ4v) is 3.82. The van der Waals surface area contributed by atoms with Crippen molar-refractivity contribution in [1.29, 1.82) is 0 Å². The normalized spacial score (nSPS) is 16.5. The summed E-state index contributed by atoms with van der Waals surface area (Å²) in [7, 11) is 0. The molecule has 4 rings (SSSR count). The van der Waals surface area contributed by atoms with Gasteiger partial charge in [-0.2, -0.15) is 5.10 Å². The van der Waals surface area contributed by atoms with Crippen LogP contribution in [0, 0.1) is 0 Å². The lowest BCUT2D eigenvalue weighted by Crippen LogP contribution is -2.28. The summed E-state index contributed by atoms with van der Waals surface area (Å²) < 4.78 is 0. The smallest absolute Gasteiger partial charge is 0.244 e. The molecule has 31 heavy (non-hydrogen) atoms. The summed E-state index contributed by atoms with van der Waals surface area (Å²) in [6.07, 6.45) is 16.6. The number of benzene rings is 1. The minimum Gasteiger partial charge on any atom is -0.345 e. The van der Waals surface area contributed by atoms with E-state index < -0.39 is 0 Å². The number of nitrogens with zero attached hydrogens (tertiary/aromatic N) is 2.